The predicted molar refractivity (Wildman–Crippen MR) is 123 cm³/mol. The number of carbonyl (C=O) groups is 2. The number of ether oxygens (including phenoxy) is 1. The Bertz CT molecular complexity index is 1120. The fourth-order valence-electron chi connectivity index (χ4n) is 3.88. The molecule has 1 atom stereocenters. The van der Waals surface area contributed by atoms with E-state index in [1.54, 1.807) is 12.1 Å². The van der Waals surface area contributed by atoms with E-state index in [0.29, 0.717) is 59.9 Å². The molecule has 0 aliphatic carbocycles. The van der Waals surface area contributed by atoms with Crippen molar-refractivity contribution in [2.45, 2.75) is 42.6 Å². The molecule has 0 saturated carbocycles. The molecule has 1 aliphatic heterocycles. The smallest absolute Gasteiger partial charge is 0.404 e. The first kappa shape index (κ1) is 23.9. The van der Waals surface area contributed by atoms with Gasteiger partial charge < -0.3 is 21.1 Å². The van der Waals surface area contributed by atoms with Crippen LogP contribution < -0.4 is 16.4 Å². The lowest BCUT2D eigenvalue weighted by atomic mass is 10.0. The first-order valence-corrected chi connectivity index (χ1v) is 11.4. The third kappa shape index (κ3) is 5.36. The number of nitrogens with zero attached hydrogens (tertiary/aromatic N) is 4. The quantitative estimate of drug-likeness (QED) is 0.592. The SMILES string of the molecule is CCc1c(C#N)c(SC(C(N)=O)c2ccccc2)nc(N2CCC(OC(N)=O)CC2)c1C#N. The molecule has 1 aromatic carbocycles. The largest absolute Gasteiger partial charge is 0.446 e. The number of amides is 2. The zero-order valence-corrected chi connectivity index (χ0v) is 19.0. The average molecular weight is 465 g/mol. The number of nitrogens with two attached hydrogens (primary N) is 2. The highest BCUT2D eigenvalue weighted by Crippen LogP contribution is 2.39. The van der Waals surface area contributed by atoms with Crippen molar-refractivity contribution in [3.63, 3.8) is 0 Å². The first-order chi connectivity index (χ1) is 15.9. The molecule has 3 rings (SSSR count). The lowest BCUT2D eigenvalue weighted by Gasteiger charge is -2.33. The standard InChI is InChI=1S/C23H24N6O3S/c1-2-16-17(12-24)21(29-10-8-15(9-11-29)32-23(27)31)28-22(18(16)13-25)33-19(20(26)30)14-6-4-3-5-7-14/h3-7,15,19H,2,8-11H2,1H3,(H2,26,30)(H2,27,31). The van der Waals surface area contributed by atoms with Gasteiger partial charge >= 0.3 is 6.09 Å². The Kier molecular flexibility index (Phi) is 7.75. The third-order valence-corrected chi connectivity index (χ3v) is 6.70. The zero-order chi connectivity index (χ0) is 24.0. The second-order valence-corrected chi connectivity index (χ2v) is 8.57. The summed E-state index contributed by atoms with van der Waals surface area (Å²) in [6.07, 6.45) is 0.413. The molecule has 10 heteroatoms. The predicted octanol–water partition coefficient (Wildman–Crippen LogP) is 2.77. The van der Waals surface area contributed by atoms with Crippen molar-refractivity contribution in [3.05, 3.63) is 52.6 Å². The Morgan fingerprint density at radius 2 is 1.82 bits per heavy atom. The Morgan fingerprint density at radius 3 is 2.33 bits per heavy atom. The molecule has 33 heavy (non-hydrogen) atoms. The topological polar surface area (TPSA) is 159 Å². The van der Waals surface area contributed by atoms with Crippen LogP contribution in [0.2, 0.25) is 0 Å². The van der Waals surface area contributed by atoms with E-state index < -0.39 is 17.3 Å². The van der Waals surface area contributed by atoms with Gasteiger partial charge in [0.25, 0.3) is 0 Å². The van der Waals surface area contributed by atoms with Gasteiger partial charge in [0.15, 0.2) is 0 Å². The van der Waals surface area contributed by atoms with Gasteiger partial charge in [0.1, 0.15) is 34.3 Å². The molecule has 1 aliphatic rings. The normalized spacial score (nSPS) is 14.7. The minimum atomic E-state index is -0.812. The van der Waals surface area contributed by atoms with E-state index in [9.17, 15) is 20.1 Å². The molecule has 1 unspecified atom stereocenters. The molecular formula is C23H24N6O3S. The number of anilines is 1. The maximum absolute atomic E-state index is 12.3. The van der Waals surface area contributed by atoms with Gasteiger partial charge in [0.2, 0.25) is 5.91 Å². The number of hydrogen-bond acceptors (Lipinski definition) is 8. The van der Waals surface area contributed by atoms with E-state index in [-0.39, 0.29) is 11.7 Å². The second-order valence-electron chi connectivity index (χ2n) is 7.48. The van der Waals surface area contributed by atoms with Crippen LogP contribution in [0.3, 0.4) is 0 Å². The van der Waals surface area contributed by atoms with E-state index in [1.165, 1.54) is 0 Å². The number of thioether (sulfide) groups is 1. The number of primary amides is 2. The van der Waals surface area contributed by atoms with Crippen molar-refractivity contribution in [2.75, 3.05) is 18.0 Å². The van der Waals surface area contributed by atoms with Crippen molar-refractivity contribution in [1.29, 1.82) is 10.5 Å². The molecule has 1 aromatic heterocycles. The molecule has 2 aromatic rings. The van der Waals surface area contributed by atoms with Crippen LogP contribution in [-0.2, 0) is 16.0 Å². The lowest BCUT2D eigenvalue weighted by molar-refractivity contribution is -0.117. The van der Waals surface area contributed by atoms with E-state index in [4.69, 9.17) is 16.2 Å². The molecule has 4 N–H and O–H groups in total. The van der Waals surface area contributed by atoms with Gasteiger partial charge in [-0.15, -0.1) is 0 Å². The Balaban J connectivity index is 2.02. The number of pyridine rings is 1. The minimum Gasteiger partial charge on any atom is -0.446 e. The van der Waals surface area contributed by atoms with Crippen molar-refractivity contribution >= 4 is 29.6 Å². The Morgan fingerprint density at radius 1 is 1.18 bits per heavy atom. The summed E-state index contributed by atoms with van der Waals surface area (Å²) in [5.41, 5.74) is 12.7. The number of carbonyl (C=O) groups excluding carboxylic acids is 2. The summed E-state index contributed by atoms with van der Waals surface area (Å²) in [5.74, 6) is -0.102. The first-order valence-electron chi connectivity index (χ1n) is 10.5. The third-order valence-electron chi connectivity index (χ3n) is 5.44. The summed E-state index contributed by atoms with van der Waals surface area (Å²) in [7, 11) is 0. The van der Waals surface area contributed by atoms with Gasteiger partial charge in [0.05, 0.1) is 11.1 Å². The van der Waals surface area contributed by atoms with Gasteiger partial charge in [-0.1, -0.05) is 49.0 Å². The second kappa shape index (κ2) is 10.7. The van der Waals surface area contributed by atoms with E-state index in [0.717, 1.165) is 11.8 Å². The van der Waals surface area contributed by atoms with Crippen molar-refractivity contribution in [2.24, 2.45) is 11.5 Å². The van der Waals surface area contributed by atoms with Crippen molar-refractivity contribution < 1.29 is 14.3 Å². The van der Waals surface area contributed by atoms with Crippen LogP contribution in [0, 0.1) is 22.7 Å². The minimum absolute atomic E-state index is 0.275. The van der Waals surface area contributed by atoms with E-state index >= 15 is 0 Å². The van der Waals surface area contributed by atoms with Gasteiger partial charge in [-0.2, -0.15) is 10.5 Å². The van der Waals surface area contributed by atoms with Crippen molar-refractivity contribution in [3.8, 4) is 12.1 Å². The highest BCUT2D eigenvalue weighted by Gasteiger charge is 2.29. The van der Waals surface area contributed by atoms with Crippen LogP contribution in [0.25, 0.3) is 0 Å². The van der Waals surface area contributed by atoms with Crippen LogP contribution in [-0.4, -0.2) is 36.2 Å². The number of piperidine rings is 1. The summed E-state index contributed by atoms with van der Waals surface area (Å²) in [6.45, 7) is 2.86. The average Bonchev–Trinajstić information content (AvgIpc) is 2.81. The highest BCUT2D eigenvalue weighted by atomic mass is 32.2. The summed E-state index contributed by atoms with van der Waals surface area (Å²) >= 11 is 1.11. The molecule has 1 fully saturated rings. The molecule has 0 spiro atoms. The number of nitriles is 2. The van der Waals surface area contributed by atoms with Crippen LogP contribution in [0.4, 0.5) is 10.6 Å². The fraction of sp³-hybridized carbons (Fsp3) is 0.348. The summed E-state index contributed by atoms with van der Waals surface area (Å²) in [5, 5.41) is 19.4. The van der Waals surface area contributed by atoms with Crippen LogP contribution in [0.1, 0.15) is 47.3 Å². The Labute approximate surface area is 196 Å². The molecule has 0 radical (unpaired) electrons. The van der Waals surface area contributed by atoms with Gasteiger partial charge in [-0.25, -0.2) is 9.78 Å². The molecule has 2 amide bonds. The molecular weight excluding hydrogens is 440 g/mol. The maximum atomic E-state index is 12.3. The molecule has 2 heterocycles. The van der Waals surface area contributed by atoms with Crippen LogP contribution in [0.15, 0.2) is 35.4 Å². The lowest BCUT2D eigenvalue weighted by Crippen LogP contribution is -2.39. The highest BCUT2D eigenvalue weighted by molar-refractivity contribution is 8.00. The molecule has 170 valence electrons. The summed E-state index contributed by atoms with van der Waals surface area (Å²) in [4.78, 5) is 29.9. The molecule has 0 bridgehead atoms. The van der Waals surface area contributed by atoms with Gasteiger partial charge in [-0.3, -0.25) is 4.79 Å². The van der Waals surface area contributed by atoms with Crippen LogP contribution in [0.5, 0.6) is 0 Å². The zero-order valence-electron chi connectivity index (χ0n) is 18.2. The Hall–Kier alpha value is -3.76. The number of rotatable bonds is 7. The van der Waals surface area contributed by atoms with Gasteiger partial charge in [0, 0.05) is 25.9 Å². The monoisotopic (exact) mass is 464 g/mol. The van der Waals surface area contributed by atoms with Crippen LogP contribution >= 0.6 is 11.8 Å². The van der Waals surface area contributed by atoms with Crippen molar-refractivity contribution in [1.82, 2.24) is 4.98 Å². The van der Waals surface area contributed by atoms with Gasteiger partial charge in [-0.05, 0) is 17.5 Å². The maximum Gasteiger partial charge on any atom is 0.404 e. The van der Waals surface area contributed by atoms with E-state index in [2.05, 4.69) is 17.1 Å². The summed E-state index contributed by atoms with van der Waals surface area (Å²) in [6, 6.07) is 13.4. The molecule has 9 nitrogen and oxygen atoms in total. The molecule has 1 saturated heterocycles. The number of aromatic nitrogens is 1. The number of benzene rings is 1. The summed E-state index contributed by atoms with van der Waals surface area (Å²) < 4.78 is 5.09. The fourth-order valence-corrected chi connectivity index (χ4v) is 4.94. The van der Waals surface area contributed by atoms with E-state index in [1.807, 2.05) is 30.0 Å². The number of hydrogen-bond donors (Lipinski definition) is 2.